The second-order valence-electron chi connectivity index (χ2n) is 5.59. The van der Waals surface area contributed by atoms with Gasteiger partial charge >= 0.3 is 0 Å². The molecular weight excluding hydrogens is 326 g/mol. The Bertz CT molecular complexity index is 954. The highest BCUT2D eigenvalue weighted by Gasteiger charge is 2.34. The van der Waals surface area contributed by atoms with Gasteiger partial charge in [0.1, 0.15) is 17.4 Å². The number of aromatic nitrogens is 1. The van der Waals surface area contributed by atoms with Crippen molar-refractivity contribution in [3.63, 3.8) is 0 Å². The number of rotatable bonds is 2. The maximum atomic E-state index is 13.0. The Labute approximate surface area is 144 Å². The molecule has 2 N–H and O–H groups in total. The minimum atomic E-state index is -0.594. The summed E-state index contributed by atoms with van der Waals surface area (Å²) in [5.74, 6) is -0.185. The standard InChI is InChI=1S/C18H16ClN3O2/c1-3-22-10(2)7-14-16(18(22)23)15(13(9-20)17(21)24-14)11-5-4-6-12(19)8-11/h4-8,15H,3,21H2,1-2H3/t15-/m1/s1. The molecule has 0 amide bonds. The largest absolute Gasteiger partial charge is 0.440 e. The summed E-state index contributed by atoms with van der Waals surface area (Å²) >= 11 is 6.10. The summed E-state index contributed by atoms with van der Waals surface area (Å²) in [7, 11) is 0. The zero-order valence-corrected chi connectivity index (χ0v) is 14.1. The molecule has 2 heterocycles. The number of hydrogen-bond acceptors (Lipinski definition) is 4. The Morgan fingerprint density at radius 2 is 2.17 bits per heavy atom. The van der Waals surface area contributed by atoms with Crippen LogP contribution in [0, 0.1) is 18.3 Å². The first-order valence-electron chi connectivity index (χ1n) is 7.55. The first kappa shape index (κ1) is 16.2. The Hall–Kier alpha value is -2.71. The van der Waals surface area contributed by atoms with Crippen LogP contribution in [0.25, 0.3) is 0 Å². The molecule has 24 heavy (non-hydrogen) atoms. The summed E-state index contributed by atoms with van der Waals surface area (Å²) < 4.78 is 7.22. The van der Waals surface area contributed by atoms with Gasteiger partial charge in [-0.1, -0.05) is 23.7 Å². The molecule has 0 spiro atoms. The smallest absolute Gasteiger partial charge is 0.258 e. The number of benzene rings is 1. The summed E-state index contributed by atoms with van der Waals surface area (Å²) in [5, 5.41) is 10.1. The van der Waals surface area contributed by atoms with Gasteiger partial charge in [-0.25, -0.2) is 0 Å². The predicted octanol–water partition coefficient (Wildman–Crippen LogP) is 3.05. The molecule has 1 aromatic carbocycles. The van der Waals surface area contributed by atoms with Crippen LogP contribution < -0.4 is 16.0 Å². The van der Waals surface area contributed by atoms with E-state index in [1.165, 1.54) is 0 Å². The van der Waals surface area contributed by atoms with Crippen LogP contribution in [0.15, 0.2) is 46.6 Å². The van der Waals surface area contributed by atoms with Gasteiger partial charge in [0.15, 0.2) is 0 Å². The van der Waals surface area contributed by atoms with Crippen LogP contribution in [-0.2, 0) is 6.54 Å². The average Bonchev–Trinajstić information content (AvgIpc) is 2.54. The molecule has 0 bridgehead atoms. The number of hydrogen-bond donors (Lipinski definition) is 1. The summed E-state index contributed by atoms with van der Waals surface area (Å²) in [6.45, 7) is 4.26. The summed E-state index contributed by atoms with van der Waals surface area (Å²) in [6.07, 6.45) is 0. The van der Waals surface area contributed by atoms with E-state index in [4.69, 9.17) is 22.1 Å². The van der Waals surface area contributed by atoms with Crippen molar-refractivity contribution in [3.05, 3.63) is 74.0 Å². The minimum Gasteiger partial charge on any atom is -0.440 e. The van der Waals surface area contributed by atoms with Crippen molar-refractivity contribution in [2.45, 2.75) is 26.3 Å². The zero-order valence-electron chi connectivity index (χ0n) is 13.3. The Morgan fingerprint density at radius 3 is 2.79 bits per heavy atom. The van der Waals surface area contributed by atoms with E-state index in [0.717, 1.165) is 11.3 Å². The first-order valence-corrected chi connectivity index (χ1v) is 7.93. The number of fused-ring (bicyclic) bond motifs is 1. The first-order chi connectivity index (χ1) is 11.5. The lowest BCUT2D eigenvalue weighted by Gasteiger charge is -2.27. The summed E-state index contributed by atoms with van der Waals surface area (Å²) in [6, 6.07) is 10.9. The van der Waals surface area contributed by atoms with Gasteiger partial charge in [-0.2, -0.15) is 5.26 Å². The maximum absolute atomic E-state index is 13.0. The number of nitrogens with two attached hydrogens (primary N) is 1. The number of nitriles is 1. The molecule has 1 atom stereocenters. The number of ether oxygens (including phenoxy) is 1. The molecule has 0 radical (unpaired) electrons. The fourth-order valence-corrected chi connectivity index (χ4v) is 3.30. The van der Waals surface area contributed by atoms with E-state index in [2.05, 4.69) is 6.07 Å². The lowest BCUT2D eigenvalue weighted by Crippen LogP contribution is -2.32. The molecular formula is C18H16ClN3O2. The Kier molecular flexibility index (Phi) is 4.08. The monoisotopic (exact) mass is 341 g/mol. The molecule has 0 unspecified atom stereocenters. The number of aryl methyl sites for hydroxylation is 1. The van der Waals surface area contributed by atoms with Crippen molar-refractivity contribution in [3.8, 4) is 11.8 Å². The van der Waals surface area contributed by atoms with Gasteiger partial charge in [-0.05, 0) is 31.5 Å². The lowest BCUT2D eigenvalue weighted by molar-refractivity contribution is 0.388. The van der Waals surface area contributed by atoms with Crippen molar-refractivity contribution in [2.24, 2.45) is 5.73 Å². The third-order valence-electron chi connectivity index (χ3n) is 4.19. The second kappa shape index (κ2) is 6.06. The summed E-state index contributed by atoms with van der Waals surface area (Å²) in [5.41, 5.74) is 7.89. The number of halogens is 1. The molecule has 1 aromatic heterocycles. The number of allylic oxidation sites excluding steroid dienone is 1. The Morgan fingerprint density at radius 1 is 1.42 bits per heavy atom. The second-order valence-corrected chi connectivity index (χ2v) is 6.03. The highest BCUT2D eigenvalue weighted by Crippen LogP contribution is 2.40. The molecule has 0 aliphatic carbocycles. The van der Waals surface area contributed by atoms with Crippen molar-refractivity contribution >= 4 is 11.6 Å². The van der Waals surface area contributed by atoms with E-state index in [1.807, 2.05) is 19.9 Å². The highest BCUT2D eigenvalue weighted by atomic mass is 35.5. The van der Waals surface area contributed by atoms with Gasteiger partial charge in [-0.3, -0.25) is 4.79 Å². The van der Waals surface area contributed by atoms with Crippen LogP contribution in [0.1, 0.15) is 29.7 Å². The molecule has 3 rings (SSSR count). The molecule has 0 saturated carbocycles. The molecule has 122 valence electrons. The fraction of sp³-hybridized carbons (Fsp3) is 0.222. The van der Waals surface area contributed by atoms with Crippen LogP contribution in [0.2, 0.25) is 5.02 Å². The third-order valence-corrected chi connectivity index (χ3v) is 4.42. The van der Waals surface area contributed by atoms with Crippen molar-refractivity contribution < 1.29 is 4.74 Å². The van der Waals surface area contributed by atoms with Gasteiger partial charge in [0.05, 0.1) is 11.5 Å². The lowest BCUT2D eigenvalue weighted by atomic mass is 9.84. The number of pyridine rings is 1. The van der Waals surface area contributed by atoms with Gasteiger partial charge in [-0.15, -0.1) is 0 Å². The highest BCUT2D eigenvalue weighted by molar-refractivity contribution is 6.30. The van der Waals surface area contributed by atoms with Gasteiger partial charge < -0.3 is 15.0 Å². The molecule has 0 fully saturated rings. The molecule has 1 aliphatic heterocycles. The van der Waals surface area contributed by atoms with Crippen LogP contribution >= 0.6 is 11.6 Å². The van der Waals surface area contributed by atoms with E-state index in [0.29, 0.717) is 22.9 Å². The van der Waals surface area contributed by atoms with E-state index in [-0.39, 0.29) is 17.0 Å². The molecule has 2 aromatic rings. The molecule has 6 heteroatoms. The maximum Gasteiger partial charge on any atom is 0.258 e. The van der Waals surface area contributed by atoms with Gasteiger partial charge in [0.2, 0.25) is 5.88 Å². The molecule has 5 nitrogen and oxygen atoms in total. The summed E-state index contributed by atoms with van der Waals surface area (Å²) in [4.78, 5) is 13.0. The van der Waals surface area contributed by atoms with E-state index < -0.39 is 5.92 Å². The predicted molar refractivity (Wildman–Crippen MR) is 91.9 cm³/mol. The van der Waals surface area contributed by atoms with Crippen LogP contribution in [0.5, 0.6) is 5.75 Å². The minimum absolute atomic E-state index is 0.0167. The van der Waals surface area contributed by atoms with Crippen molar-refractivity contribution in [1.29, 1.82) is 5.26 Å². The average molecular weight is 342 g/mol. The van der Waals surface area contributed by atoms with E-state index >= 15 is 0 Å². The van der Waals surface area contributed by atoms with Crippen molar-refractivity contribution in [2.75, 3.05) is 0 Å². The SMILES string of the molecule is CCn1c(C)cc2c(c1=O)[C@H](c1cccc(Cl)c1)C(C#N)=C(N)O2. The van der Waals surface area contributed by atoms with E-state index in [9.17, 15) is 10.1 Å². The van der Waals surface area contributed by atoms with Crippen molar-refractivity contribution in [1.82, 2.24) is 4.57 Å². The normalized spacial score (nSPS) is 16.3. The quantitative estimate of drug-likeness (QED) is 0.910. The fourth-order valence-electron chi connectivity index (χ4n) is 3.10. The van der Waals surface area contributed by atoms with E-state index in [1.54, 1.807) is 28.8 Å². The van der Waals surface area contributed by atoms with Gasteiger partial charge in [0, 0.05) is 23.3 Å². The number of nitrogens with zero attached hydrogens (tertiary/aromatic N) is 2. The third kappa shape index (κ3) is 2.45. The zero-order chi connectivity index (χ0) is 17.4. The van der Waals surface area contributed by atoms with Crippen LogP contribution in [-0.4, -0.2) is 4.57 Å². The van der Waals surface area contributed by atoms with Gasteiger partial charge in [0.25, 0.3) is 5.56 Å². The van der Waals surface area contributed by atoms with Crippen LogP contribution in [0.4, 0.5) is 0 Å². The molecule has 1 aliphatic rings. The molecule has 0 saturated heterocycles. The topological polar surface area (TPSA) is 81.0 Å². The van der Waals surface area contributed by atoms with Crippen LogP contribution in [0.3, 0.4) is 0 Å². The Balaban J connectivity index is 2.36.